The maximum absolute atomic E-state index is 13.7. The molecule has 0 radical (unpaired) electrons. The van der Waals surface area contributed by atoms with Crippen molar-refractivity contribution in [1.82, 2.24) is 4.90 Å². The number of nitrogens with one attached hydrogen (secondary N) is 1. The van der Waals surface area contributed by atoms with Gasteiger partial charge in [0.05, 0.1) is 12.2 Å². The first-order valence-corrected chi connectivity index (χ1v) is 16.8. The van der Waals surface area contributed by atoms with Crippen LogP contribution in [0.5, 0.6) is 0 Å². The number of esters is 2. The van der Waals surface area contributed by atoms with Crippen molar-refractivity contribution in [3.63, 3.8) is 0 Å². The summed E-state index contributed by atoms with van der Waals surface area (Å²) in [6.45, 7) is 6.80. The number of carbonyl (C=O) groups excluding carboxylic acids is 3. The van der Waals surface area contributed by atoms with Gasteiger partial charge in [-0.25, -0.2) is 9.59 Å². The van der Waals surface area contributed by atoms with Crippen molar-refractivity contribution in [3.05, 3.63) is 125 Å². The number of rotatable bonds is 11. The van der Waals surface area contributed by atoms with Gasteiger partial charge in [-0.3, -0.25) is 9.69 Å². The molecule has 5 rings (SSSR count). The number of likely N-dealkylation sites (tertiary alicyclic amines) is 1. The highest BCUT2D eigenvalue weighted by Crippen LogP contribution is 2.35. The number of halogens is 3. The summed E-state index contributed by atoms with van der Waals surface area (Å²) in [5.74, 6) is -1.43. The van der Waals surface area contributed by atoms with E-state index in [4.69, 9.17) is 9.47 Å². The Labute approximate surface area is 290 Å². The van der Waals surface area contributed by atoms with E-state index in [1.165, 1.54) is 12.1 Å². The summed E-state index contributed by atoms with van der Waals surface area (Å²) in [7, 11) is 0. The zero-order valence-corrected chi connectivity index (χ0v) is 28.3. The van der Waals surface area contributed by atoms with Crippen LogP contribution in [0.15, 0.2) is 103 Å². The summed E-state index contributed by atoms with van der Waals surface area (Å²) in [6.07, 6.45) is -3.87. The van der Waals surface area contributed by atoms with Crippen molar-refractivity contribution >= 4 is 23.5 Å². The van der Waals surface area contributed by atoms with Crippen molar-refractivity contribution in [2.75, 3.05) is 25.0 Å². The summed E-state index contributed by atoms with van der Waals surface area (Å²) in [5.41, 5.74) is 3.12. The molecule has 1 aliphatic rings. The van der Waals surface area contributed by atoms with E-state index in [9.17, 15) is 27.6 Å². The Kier molecular flexibility index (Phi) is 11.7. The molecule has 0 aliphatic carbocycles. The van der Waals surface area contributed by atoms with Gasteiger partial charge >= 0.3 is 18.1 Å². The van der Waals surface area contributed by atoms with E-state index in [2.05, 4.69) is 10.2 Å². The van der Waals surface area contributed by atoms with Gasteiger partial charge in [0.15, 0.2) is 0 Å². The molecule has 262 valence electrons. The van der Waals surface area contributed by atoms with Gasteiger partial charge < -0.3 is 14.8 Å². The molecule has 1 amide bonds. The Bertz CT molecular complexity index is 1750. The lowest BCUT2D eigenvalue weighted by Crippen LogP contribution is -2.43. The SMILES string of the molecule is CCOC(=O)C(OC(=O)C(c1ccccc1)N1CCC(c2ccc(NC(=O)c3ccccc3-c3ccc(C(F)(F)F)cc3)cc2)CC1)C(C)C. The Morgan fingerprint density at radius 2 is 1.44 bits per heavy atom. The molecule has 1 heterocycles. The summed E-state index contributed by atoms with van der Waals surface area (Å²) in [4.78, 5) is 41.6. The lowest BCUT2D eigenvalue weighted by molar-refractivity contribution is -0.174. The lowest BCUT2D eigenvalue weighted by Gasteiger charge is -2.37. The number of piperidine rings is 1. The second-order valence-electron chi connectivity index (χ2n) is 12.7. The van der Waals surface area contributed by atoms with Crippen LogP contribution in [-0.2, 0) is 25.2 Å². The molecule has 0 aromatic heterocycles. The summed E-state index contributed by atoms with van der Waals surface area (Å²) in [6, 6.07) is 27.9. The molecule has 0 spiro atoms. The molecule has 1 fully saturated rings. The number of hydrogen-bond acceptors (Lipinski definition) is 6. The van der Waals surface area contributed by atoms with Gasteiger partial charge in [-0.2, -0.15) is 13.2 Å². The fourth-order valence-corrected chi connectivity index (χ4v) is 6.30. The molecule has 7 nitrogen and oxygen atoms in total. The fraction of sp³-hybridized carbons (Fsp3) is 0.325. The van der Waals surface area contributed by atoms with Crippen molar-refractivity contribution in [3.8, 4) is 11.1 Å². The highest BCUT2D eigenvalue weighted by Gasteiger charge is 2.36. The molecular formula is C40H41F3N2O5. The molecular weight excluding hydrogens is 645 g/mol. The summed E-state index contributed by atoms with van der Waals surface area (Å²) in [5, 5.41) is 2.91. The minimum absolute atomic E-state index is 0.197. The predicted molar refractivity (Wildman–Crippen MR) is 185 cm³/mol. The number of nitrogens with zero attached hydrogens (tertiary/aromatic N) is 1. The first kappa shape index (κ1) is 36.3. The highest BCUT2D eigenvalue weighted by molar-refractivity contribution is 6.08. The van der Waals surface area contributed by atoms with E-state index in [1.54, 1.807) is 31.2 Å². The predicted octanol–water partition coefficient (Wildman–Crippen LogP) is 8.68. The van der Waals surface area contributed by atoms with Gasteiger partial charge in [0.1, 0.15) is 6.04 Å². The number of alkyl halides is 3. The zero-order chi connectivity index (χ0) is 35.8. The maximum Gasteiger partial charge on any atom is 0.416 e. The molecule has 1 N–H and O–H groups in total. The molecule has 2 atom stereocenters. The van der Waals surface area contributed by atoms with Crippen molar-refractivity contribution in [1.29, 1.82) is 0 Å². The summed E-state index contributed by atoms with van der Waals surface area (Å²) < 4.78 is 50.2. The average Bonchev–Trinajstić information content (AvgIpc) is 3.11. The number of benzene rings is 4. The van der Waals surface area contributed by atoms with Gasteiger partial charge in [-0.05, 0) is 91.4 Å². The van der Waals surface area contributed by atoms with Gasteiger partial charge in [0, 0.05) is 17.2 Å². The normalized spacial score (nSPS) is 15.3. The largest absolute Gasteiger partial charge is 0.463 e. The Balaban J connectivity index is 1.24. The van der Waals surface area contributed by atoms with Crippen LogP contribution in [0.2, 0.25) is 0 Å². The lowest BCUT2D eigenvalue weighted by atomic mass is 9.88. The fourth-order valence-electron chi connectivity index (χ4n) is 6.30. The number of carbonyl (C=O) groups is 3. The first-order valence-electron chi connectivity index (χ1n) is 16.8. The van der Waals surface area contributed by atoms with Gasteiger partial charge in [0.25, 0.3) is 5.91 Å². The standard InChI is InChI=1S/C40H41F3N2O5/c1-4-49-39(48)36(26(2)3)50-38(47)35(30-10-6-5-7-11-30)45-24-22-28(23-25-45)27-16-20-32(21-17-27)44-37(46)34-13-9-8-12-33(34)29-14-18-31(19-15-29)40(41,42)43/h5-21,26,28,35-36H,4,22-25H2,1-3H3,(H,44,46). The molecule has 1 saturated heterocycles. The van der Waals surface area contributed by atoms with Gasteiger partial charge in [-0.1, -0.05) is 86.6 Å². The van der Waals surface area contributed by atoms with E-state index in [0.717, 1.165) is 36.1 Å². The van der Waals surface area contributed by atoms with Crippen LogP contribution in [0.4, 0.5) is 18.9 Å². The third-order valence-corrected chi connectivity index (χ3v) is 8.94. The van der Waals surface area contributed by atoms with Gasteiger partial charge in [-0.15, -0.1) is 0 Å². The van der Waals surface area contributed by atoms with Crippen LogP contribution in [0, 0.1) is 5.92 Å². The maximum atomic E-state index is 13.7. The van der Waals surface area contributed by atoms with Crippen LogP contribution in [-0.4, -0.2) is 48.5 Å². The van der Waals surface area contributed by atoms with Crippen LogP contribution in [0.25, 0.3) is 11.1 Å². The Hall–Kier alpha value is -4.96. The van der Waals surface area contributed by atoms with Crippen LogP contribution in [0.1, 0.15) is 72.6 Å². The minimum atomic E-state index is -4.44. The molecule has 4 aromatic rings. The third kappa shape index (κ3) is 8.79. The van der Waals surface area contributed by atoms with E-state index < -0.39 is 35.8 Å². The summed E-state index contributed by atoms with van der Waals surface area (Å²) >= 11 is 0. The topological polar surface area (TPSA) is 84.9 Å². The Morgan fingerprint density at radius 1 is 0.820 bits per heavy atom. The highest BCUT2D eigenvalue weighted by atomic mass is 19.4. The number of amides is 1. The third-order valence-electron chi connectivity index (χ3n) is 8.94. The average molecular weight is 687 g/mol. The quantitative estimate of drug-likeness (QED) is 0.159. The number of hydrogen-bond donors (Lipinski definition) is 1. The van der Waals surface area contributed by atoms with E-state index >= 15 is 0 Å². The first-order chi connectivity index (χ1) is 24.0. The molecule has 10 heteroatoms. The van der Waals surface area contributed by atoms with Crippen molar-refractivity contribution < 1.29 is 37.0 Å². The van der Waals surface area contributed by atoms with E-state index in [1.807, 2.05) is 68.4 Å². The van der Waals surface area contributed by atoms with Crippen molar-refractivity contribution in [2.45, 2.75) is 57.9 Å². The molecule has 50 heavy (non-hydrogen) atoms. The minimum Gasteiger partial charge on any atom is -0.463 e. The molecule has 0 bridgehead atoms. The second-order valence-corrected chi connectivity index (χ2v) is 12.7. The molecule has 2 unspecified atom stereocenters. The van der Waals surface area contributed by atoms with Gasteiger partial charge in [0.2, 0.25) is 6.10 Å². The van der Waals surface area contributed by atoms with Crippen LogP contribution >= 0.6 is 0 Å². The van der Waals surface area contributed by atoms with E-state index in [-0.39, 0.29) is 24.3 Å². The second kappa shape index (κ2) is 16.2. The number of ether oxygens (including phenoxy) is 2. The number of anilines is 1. The smallest absolute Gasteiger partial charge is 0.416 e. The van der Waals surface area contributed by atoms with Crippen molar-refractivity contribution in [2.24, 2.45) is 5.92 Å². The van der Waals surface area contributed by atoms with E-state index in [0.29, 0.717) is 35.5 Å². The monoisotopic (exact) mass is 686 g/mol. The molecule has 0 saturated carbocycles. The molecule has 1 aliphatic heterocycles. The zero-order valence-electron chi connectivity index (χ0n) is 28.3. The molecule has 4 aromatic carbocycles. The van der Waals surface area contributed by atoms with Crippen LogP contribution in [0.3, 0.4) is 0 Å². The van der Waals surface area contributed by atoms with Crippen LogP contribution < -0.4 is 5.32 Å². The Morgan fingerprint density at radius 3 is 2.04 bits per heavy atom.